The number of aliphatic hydroxyl groups excluding tert-OH is 1. The van der Waals surface area contributed by atoms with Gasteiger partial charge in [0.05, 0.1) is 79.3 Å². The normalized spacial score (nSPS) is 17.0. The monoisotopic (exact) mass is 1720 g/mol. The third-order valence-corrected chi connectivity index (χ3v) is 16.6. The van der Waals surface area contributed by atoms with E-state index in [2.05, 4.69) is 41.5 Å². The van der Waals surface area contributed by atoms with Crippen LogP contribution in [0.1, 0.15) is 149 Å². The molecular formula is C47H95O23P5Y6-6. The largest absolute Gasteiger partial charge is 0.472 e. The number of ether oxygens (including phenoxy) is 2. The van der Waals surface area contributed by atoms with Gasteiger partial charge in [-0.15, -0.1) is 0 Å². The predicted octanol–water partition coefficient (Wildman–Crippen LogP) is 11.2. The summed E-state index contributed by atoms with van der Waals surface area (Å²) < 4.78 is 130. The molecule has 0 bridgehead atoms. The van der Waals surface area contributed by atoms with Gasteiger partial charge in [-0.2, -0.15) is 38.5 Å². The Morgan fingerprint density at radius 1 is 0.383 bits per heavy atom. The van der Waals surface area contributed by atoms with E-state index < -0.39 is 114 Å². The third kappa shape index (κ3) is 53.0. The van der Waals surface area contributed by atoms with Crippen molar-refractivity contribution in [1.82, 2.24) is 0 Å². The van der Waals surface area contributed by atoms with Gasteiger partial charge >= 0.3 is 39.1 Å². The van der Waals surface area contributed by atoms with Crippen molar-refractivity contribution in [2.24, 2.45) is 16.2 Å². The molecule has 0 saturated heterocycles. The van der Waals surface area contributed by atoms with E-state index in [9.17, 15) is 47.3 Å². The van der Waals surface area contributed by atoms with Gasteiger partial charge in [0.1, 0.15) is 12.2 Å². The Morgan fingerprint density at radius 2 is 0.667 bits per heavy atom. The molecule has 7 unspecified atom stereocenters. The molecule has 470 valence electrons. The van der Waals surface area contributed by atoms with Gasteiger partial charge in [0.2, 0.25) is 0 Å². The second-order valence-corrected chi connectivity index (χ2v) is 26.2. The smallest absolute Gasteiger partial charge is 0.396 e. The first-order valence-electron chi connectivity index (χ1n) is 25.9. The molecule has 0 aromatic rings. The summed E-state index contributed by atoms with van der Waals surface area (Å²) >= 11 is 0. The van der Waals surface area contributed by atoms with Gasteiger partial charge in [-0.1, -0.05) is 85.0 Å². The van der Waals surface area contributed by atoms with Crippen molar-refractivity contribution in [3.05, 3.63) is 41.5 Å². The van der Waals surface area contributed by atoms with Crippen molar-refractivity contribution in [2.75, 3.05) is 85.9 Å². The quantitative estimate of drug-likeness (QED) is 0.0187. The zero-order valence-corrected chi connectivity index (χ0v) is 70.1. The standard InChI is InChI=1S/C47H95O23P5.6Y/c1-10-18-31-61-71(49,50)64-36-43(34-59-41-46(24-12-3,25-13-4)26-14-5)69-74(55,56)67-39-45(9,38-66-73(53,54)63-33-23-21-20-22-30-48)40-68-75(57,58)70-44(37-65-72(51,52)62-32-19-11-2)35-60-42-47(27-15-6,28-16-7)29-17-8;;;;;;/h43-44,48H,3-8,10-42H2,1-2,9H3,(H,49,50)(H,51,52)(H,53,54)(H,55,56)(H,57,58);;;;;;/q-6;;;;;;. The van der Waals surface area contributed by atoms with E-state index in [1.807, 2.05) is 13.8 Å². The van der Waals surface area contributed by atoms with Crippen LogP contribution in [0.3, 0.4) is 0 Å². The minimum absolute atomic E-state index is 0. The van der Waals surface area contributed by atoms with Gasteiger partial charge in [0.15, 0.2) is 0 Å². The van der Waals surface area contributed by atoms with Gasteiger partial charge in [-0.3, -0.25) is 45.2 Å². The molecule has 34 heteroatoms. The molecule has 23 nitrogen and oxygen atoms in total. The van der Waals surface area contributed by atoms with Crippen LogP contribution in [0, 0.1) is 57.8 Å². The minimum atomic E-state index is -5.30. The van der Waals surface area contributed by atoms with E-state index in [1.165, 1.54) is 6.92 Å². The zero-order valence-electron chi connectivity index (χ0n) is 48.6. The number of hydrogen-bond donors (Lipinski definition) is 6. The van der Waals surface area contributed by atoms with Crippen LogP contribution in [0.2, 0.25) is 0 Å². The molecular weight excluding hydrogens is 1620 g/mol. The van der Waals surface area contributed by atoms with Crippen LogP contribution in [-0.2, 0) is 274 Å². The molecule has 0 amide bonds. The van der Waals surface area contributed by atoms with E-state index >= 15 is 0 Å². The van der Waals surface area contributed by atoms with Crippen molar-refractivity contribution < 1.29 is 303 Å². The fraction of sp³-hybridized carbons (Fsp3) is 0.872. The fourth-order valence-electron chi connectivity index (χ4n) is 7.60. The van der Waals surface area contributed by atoms with Crippen LogP contribution >= 0.6 is 39.1 Å². The number of unbranched alkanes of at least 4 members (excludes halogenated alkanes) is 5. The number of aliphatic hydroxyl groups is 1. The van der Waals surface area contributed by atoms with E-state index in [-0.39, 0.29) is 236 Å². The summed E-state index contributed by atoms with van der Waals surface area (Å²) in [5, 5.41) is 9.05. The second kappa shape index (κ2) is 57.3. The first-order chi connectivity index (χ1) is 35.2. The van der Waals surface area contributed by atoms with Crippen molar-refractivity contribution in [2.45, 2.75) is 161 Å². The first kappa shape index (κ1) is 102. The molecule has 0 heterocycles. The molecule has 81 heavy (non-hydrogen) atoms. The Morgan fingerprint density at radius 3 is 0.963 bits per heavy atom. The summed E-state index contributed by atoms with van der Waals surface area (Å²) in [6, 6.07) is 0. The molecule has 0 fully saturated rings. The van der Waals surface area contributed by atoms with Crippen molar-refractivity contribution in [3.8, 4) is 0 Å². The van der Waals surface area contributed by atoms with E-state index in [1.54, 1.807) is 0 Å². The molecule has 0 aliphatic carbocycles. The second-order valence-electron chi connectivity index (χ2n) is 19.0. The summed E-state index contributed by atoms with van der Waals surface area (Å²) in [7, 11) is -24.9. The van der Waals surface area contributed by atoms with Crippen molar-refractivity contribution in [1.29, 1.82) is 0 Å². The number of hydrogen-bond acceptors (Lipinski definition) is 18. The minimum Gasteiger partial charge on any atom is -0.396 e. The molecule has 0 aromatic carbocycles. The Labute approximate surface area is 638 Å². The molecule has 0 aromatic heterocycles. The van der Waals surface area contributed by atoms with Gasteiger partial charge in [-0.25, -0.2) is 22.8 Å². The molecule has 6 radical (unpaired) electrons. The van der Waals surface area contributed by atoms with E-state index in [4.69, 9.17) is 59.8 Å². The Kier molecular flexibility index (Phi) is 71.9. The maximum Gasteiger partial charge on any atom is 0.472 e. The van der Waals surface area contributed by atoms with E-state index in [0.717, 1.165) is 0 Å². The van der Waals surface area contributed by atoms with Crippen LogP contribution in [0.4, 0.5) is 0 Å². The van der Waals surface area contributed by atoms with Crippen LogP contribution in [0.5, 0.6) is 0 Å². The summed E-state index contributed by atoms with van der Waals surface area (Å²) in [5.74, 6) is 0. The van der Waals surface area contributed by atoms with Gasteiger partial charge < -0.3 is 80.6 Å². The average molecular weight is 1720 g/mol. The molecule has 0 saturated carbocycles. The molecule has 7 atom stereocenters. The maximum absolute atomic E-state index is 13.8. The molecule has 0 aliphatic heterocycles. The van der Waals surface area contributed by atoms with E-state index in [0.29, 0.717) is 128 Å². The maximum atomic E-state index is 13.8. The van der Waals surface area contributed by atoms with Gasteiger partial charge in [-0.05, 0) is 36.5 Å². The molecule has 0 aliphatic rings. The fourth-order valence-corrected chi connectivity index (χ4v) is 12.2. The van der Waals surface area contributed by atoms with Gasteiger partial charge in [0.25, 0.3) is 0 Å². The third-order valence-electron chi connectivity index (χ3n) is 11.6. The Hall–Kier alpha value is 7.05. The SMILES string of the molecule is [CH2-]CCC(CC[CH2-])(CC[CH2-])COCC(COP(=O)(O)OCCCC)OP(=O)(O)OCC(C)(COP(=O)(O)OCCCCCCO)COP(=O)(O)OC(COCC(CC[CH2-])(CC[CH2-])CC[CH2-])COP(=O)(O)OCCCC.[Y].[Y].[Y].[Y].[Y].[Y]. The Bertz CT molecular complexity index is 1600. The van der Waals surface area contributed by atoms with Gasteiger partial charge in [0, 0.05) is 208 Å². The topological polar surface area (TPSA) is 317 Å². The van der Waals surface area contributed by atoms with Crippen LogP contribution in [0.15, 0.2) is 0 Å². The van der Waals surface area contributed by atoms with Crippen molar-refractivity contribution >= 4 is 39.1 Å². The number of phosphoric ester groups is 5. The Balaban J connectivity index is -0.00000183. The summed E-state index contributed by atoms with van der Waals surface area (Å²) in [4.78, 5) is 53.6. The average Bonchev–Trinajstić information content (AvgIpc) is 3.32. The summed E-state index contributed by atoms with van der Waals surface area (Å²) in [6.45, 7) is 23.2. The first-order valence-corrected chi connectivity index (χ1v) is 33.4. The number of rotatable bonds is 54. The number of phosphoric acid groups is 5. The predicted molar refractivity (Wildman–Crippen MR) is 284 cm³/mol. The molecule has 0 spiro atoms. The zero-order chi connectivity index (χ0) is 57.0. The van der Waals surface area contributed by atoms with Crippen LogP contribution < -0.4 is 0 Å². The van der Waals surface area contributed by atoms with Crippen LogP contribution in [-0.4, -0.2) is 128 Å². The summed E-state index contributed by atoms with van der Waals surface area (Å²) in [6.07, 6.45) is 8.43. The summed E-state index contributed by atoms with van der Waals surface area (Å²) in [5.41, 5.74) is -2.70. The molecule has 0 rings (SSSR count). The molecule has 6 N–H and O–H groups in total. The van der Waals surface area contributed by atoms with Crippen molar-refractivity contribution in [3.63, 3.8) is 0 Å². The van der Waals surface area contributed by atoms with Crippen LogP contribution in [0.25, 0.3) is 0 Å².